The highest BCUT2D eigenvalue weighted by Gasteiger charge is 2.26. The molecule has 6 heteroatoms. The number of hydrogen-bond donors (Lipinski definition) is 0. The van der Waals surface area contributed by atoms with Gasteiger partial charge in [0.1, 0.15) is 18.5 Å². The number of fused-ring (bicyclic) bond motifs is 1. The number of ether oxygens (including phenoxy) is 2. The maximum absolute atomic E-state index is 12.9. The van der Waals surface area contributed by atoms with E-state index in [1.165, 1.54) is 29.5 Å². The second-order valence-electron chi connectivity index (χ2n) is 10.8. The summed E-state index contributed by atoms with van der Waals surface area (Å²) in [6.45, 7) is 4.12. The van der Waals surface area contributed by atoms with Gasteiger partial charge in [-0.1, -0.05) is 79.2 Å². The summed E-state index contributed by atoms with van der Waals surface area (Å²) in [6, 6.07) is 29.0. The van der Waals surface area contributed by atoms with Crippen LogP contribution < -0.4 is 4.74 Å². The number of carbonyl (C=O) groups excluding carboxylic acids is 1. The van der Waals surface area contributed by atoms with Gasteiger partial charge in [0.2, 0.25) is 0 Å². The van der Waals surface area contributed by atoms with Crippen LogP contribution in [-0.2, 0) is 16.1 Å². The normalized spacial score (nSPS) is 15.7. The van der Waals surface area contributed by atoms with Gasteiger partial charge in [-0.15, -0.1) is 11.3 Å². The van der Waals surface area contributed by atoms with Gasteiger partial charge in [-0.2, -0.15) is 0 Å². The SMILES string of the molecule is CN(CC[C@H](Oc1cccc2ccccc12)c1cccs1)CC(CC(=O)OCc1ccccc1)N1CCCCC1. The number of esters is 1. The summed E-state index contributed by atoms with van der Waals surface area (Å²) in [5, 5.41) is 4.44. The molecule has 0 aliphatic carbocycles. The Morgan fingerprint density at radius 2 is 1.70 bits per heavy atom. The topological polar surface area (TPSA) is 42.0 Å². The van der Waals surface area contributed by atoms with Crippen molar-refractivity contribution in [3.8, 4) is 5.75 Å². The van der Waals surface area contributed by atoms with Crippen molar-refractivity contribution in [3.05, 3.63) is 101 Å². The van der Waals surface area contributed by atoms with Gasteiger partial charge in [0, 0.05) is 35.8 Å². The van der Waals surface area contributed by atoms with E-state index < -0.39 is 0 Å². The number of hydrogen-bond acceptors (Lipinski definition) is 6. The van der Waals surface area contributed by atoms with Gasteiger partial charge in [0.25, 0.3) is 0 Å². The van der Waals surface area contributed by atoms with Gasteiger partial charge < -0.3 is 14.4 Å². The van der Waals surface area contributed by atoms with Crippen LogP contribution >= 0.6 is 11.3 Å². The molecule has 1 aliphatic heterocycles. The number of piperidine rings is 1. The van der Waals surface area contributed by atoms with Crippen LogP contribution in [0.15, 0.2) is 90.3 Å². The Bertz CT molecular complexity index is 1320. The van der Waals surface area contributed by atoms with E-state index in [9.17, 15) is 4.79 Å². The van der Waals surface area contributed by atoms with E-state index in [4.69, 9.17) is 9.47 Å². The quantitative estimate of drug-likeness (QED) is 0.161. The summed E-state index contributed by atoms with van der Waals surface area (Å²) < 4.78 is 12.4. The van der Waals surface area contributed by atoms with Crippen molar-refractivity contribution in [1.29, 1.82) is 0 Å². The molecule has 0 spiro atoms. The Hall–Kier alpha value is -3.19. The monoisotopic (exact) mass is 556 g/mol. The van der Waals surface area contributed by atoms with E-state index in [0.717, 1.165) is 49.3 Å². The molecule has 40 heavy (non-hydrogen) atoms. The first kappa shape index (κ1) is 28.3. The molecule has 5 nitrogen and oxygen atoms in total. The molecule has 0 N–H and O–H groups in total. The first-order chi connectivity index (χ1) is 19.7. The van der Waals surface area contributed by atoms with Crippen molar-refractivity contribution in [2.24, 2.45) is 0 Å². The van der Waals surface area contributed by atoms with Crippen LogP contribution in [0.3, 0.4) is 0 Å². The maximum Gasteiger partial charge on any atom is 0.307 e. The van der Waals surface area contributed by atoms with Crippen molar-refractivity contribution in [2.75, 3.05) is 33.2 Å². The van der Waals surface area contributed by atoms with Crippen LogP contribution in [0.2, 0.25) is 0 Å². The summed E-state index contributed by atoms with van der Waals surface area (Å²) in [7, 11) is 2.16. The van der Waals surface area contributed by atoms with Gasteiger partial charge in [-0.3, -0.25) is 9.69 Å². The number of benzene rings is 3. The Morgan fingerprint density at radius 1 is 0.925 bits per heavy atom. The van der Waals surface area contributed by atoms with Crippen LogP contribution in [0.25, 0.3) is 10.8 Å². The fourth-order valence-electron chi connectivity index (χ4n) is 5.56. The van der Waals surface area contributed by atoms with Gasteiger partial charge in [0.05, 0.1) is 6.42 Å². The first-order valence-corrected chi connectivity index (χ1v) is 15.3. The molecule has 210 valence electrons. The van der Waals surface area contributed by atoms with E-state index in [1.54, 1.807) is 11.3 Å². The molecule has 1 aromatic heterocycles. The van der Waals surface area contributed by atoms with Gasteiger partial charge in [0.15, 0.2) is 0 Å². The molecule has 0 radical (unpaired) electrons. The van der Waals surface area contributed by atoms with Crippen LogP contribution in [-0.4, -0.2) is 55.0 Å². The lowest BCUT2D eigenvalue weighted by Gasteiger charge is -2.36. The van der Waals surface area contributed by atoms with E-state index in [-0.39, 0.29) is 18.1 Å². The Kier molecular flexibility index (Phi) is 10.2. The molecule has 2 atom stereocenters. The highest BCUT2D eigenvalue weighted by molar-refractivity contribution is 7.10. The van der Waals surface area contributed by atoms with Crippen LogP contribution in [0.4, 0.5) is 0 Å². The lowest BCUT2D eigenvalue weighted by Crippen LogP contribution is -2.47. The summed E-state index contributed by atoms with van der Waals surface area (Å²) in [6.07, 6.45) is 4.91. The molecule has 1 fully saturated rings. The molecule has 1 unspecified atom stereocenters. The smallest absolute Gasteiger partial charge is 0.307 e. The van der Waals surface area contributed by atoms with Crippen molar-refractivity contribution in [1.82, 2.24) is 9.80 Å². The fourth-order valence-corrected chi connectivity index (χ4v) is 6.35. The molecule has 1 saturated heterocycles. The standard InChI is InChI=1S/C34H40N2O3S/c1-35(25-29(36-20-8-3-9-21-36)24-34(37)38-26-27-12-4-2-5-13-27)22-19-32(33-18-11-23-40-33)39-31-17-10-15-28-14-6-7-16-30(28)31/h2,4-7,10-18,23,29,32H,3,8-9,19-22,24-26H2,1H3/t29?,32-/m0/s1. The van der Waals surface area contributed by atoms with Crippen molar-refractivity contribution in [3.63, 3.8) is 0 Å². The summed E-state index contributed by atoms with van der Waals surface area (Å²) in [5.74, 6) is 0.801. The number of likely N-dealkylation sites (tertiary alicyclic amines) is 1. The molecule has 3 aromatic carbocycles. The molecular formula is C34H40N2O3S. The number of carbonyl (C=O) groups is 1. The molecule has 0 saturated carbocycles. The van der Waals surface area contributed by atoms with Crippen LogP contribution in [0.1, 0.15) is 48.6 Å². The van der Waals surface area contributed by atoms with Crippen molar-refractivity contribution >= 4 is 28.1 Å². The minimum absolute atomic E-state index is 0.0301. The zero-order chi connectivity index (χ0) is 27.6. The third-order valence-electron chi connectivity index (χ3n) is 7.73. The lowest BCUT2D eigenvalue weighted by atomic mass is 10.1. The molecule has 0 bridgehead atoms. The van der Waals surface area contributed by atoms with Crippen LogP contribution in [0.5, 0.6) is 5.75 Å². The predicted molar refractivity (Wildman–Crippen MR) is 164 cm³/mol. The van der Waals surface area contributed by atoms with E-state index in [1.807, 2.05) is 30.3 Å². The number of rotatable bonds is 13. The highest BCUT2D eigenvalue weighted by Crippen LogP contribution is 2.33. The zero-order valence-corrected chi connectivity index (χ0v) is 24.2. The molecule has 0 amide bonds. The zero-order valence-electron chi connectivity index (χ0n) is 23.4. The number of likely N-dealkylation sites (N-methyl/N-ethyl adjacent to an activating group) is 1. The number of thiophene rings is 1. The average Bonchev–Trinajstić information content (AvgIpc) is 3.54. The Morgan fingerprint density at radius 3 is 2.50 bits per heavy atom. The predicted octanol–water partition coefficient (Wildman–Crippen LogP) is 7.33. The summed E-state index contributed by atoms with van der Waals surface area (Å²) in [4.78, 5) is 19.0. The molecule has 1 aliphatic rings. The molecular weight excluding hydrogens is 516 g/mol. The first-order valence-electron chi connectivity index (χ1n) is 14.5. The van der Waals surface area contributed by atoms with Gasteiger partial charge in [-0.25, -0.2) is 0 Å². The minimum Gasteiger partial charge on any atom is -0.484 e. The van der Waals surface area contributed by atoms with Crippen molar-refractivity contribution < 1.29 is 14.3 Å². The molecule has 5 rings (SSSR count). The number of nitrogens with zero attached hydrogens (tertiary/aromatic N) is 2. The largest absolute Gasteiger partial charge is 0.484 e. The third kappa shape index (κ3) is 7.94. The maximum atomic E-state index is 12.9. The van der Waals surface area contributed by atoms with Crippen LogP contribution in [0, 0.1) is 0 Å². The third-order valence-corrected chi connectivity index (χ3v) is 8.69. The molecule has 2 heterocycles. The average molecular weight is 557 g/mol. The fraction of sp³-hybridized carbons (Fsp3) is 0.382. The Balaban J connectivity index is 1.21. The summed E-state index contributed by atoms with van der Waals surface area (Å²) in [5.41, 5.74) is 1.02. The molecule has 4 aromatic rings. The van der Waals surface area contributed by atoms with E-state index >= 15 is 0 Å². The highest BCUT2D eigenvalue weighted by atomic mass is 32.1. The summed E-state index contributed by atoms with van der Waals surface area (Å²) >= 11 is 1.74. The van der Waals surface area contributed by atoms with E-state index in [0.29, 0.717) is 13.0 Å². The minimum atomic E-state index is -0.122. The van der Waals surface area contributed by atoms with Gasteiger partial charge >= 0.3 is 5.97 Å². The van der Waals surface area contributed by atoms with Crippen molar-refractivity contribution in [2.45, 2.75) is 50.9 Å². The second-order valence-corrected chi connectivity index (χ2v) is 11.7. The lowest BCUT2D eigenvalue weighted by molar-refractivity contribution is -0.146. The van der Waals surface area contributed by atoms with E-state index in [2.05, 4.69) is 76.8 Å². The second kappa shape index (κ2) is 14.4. The Labute approximate surface area is 242 Å². The van der Waals surface area contributed by atoms with Gasteiger partial charge in [-0.05, 0) is 61.4 Å².